The standard InChI is InChI=1S/C8H7ClN4O2S/c9-6-3-1-2-4-7(6)13-16(14,15)8-10-5-11-12-8/h1-5,13H,(H,10,11,12). The molecule has 2 aromatic rings. The largest absolute Gasteiger partial charge is 0.297 e. The molecular weight excluding hydrogens is 252 g/mol. The van der Waals surface area contributed by atoms with Gasteiger partial charge in [-0.3, -0.25) is 4.72 Å². The van der Waals surface area contributed by atoms with E-state index in [0.29, 0.717) is 10.7 Å². The van der Waals surface area contributed by atoms with Gasteiger partial charge in [-0.1, -0.05) is 23.7 Å². The fourth-order valence-electron chi connectivity index (χ4n) is 1.06. The van der Waals surface area contributed by atoms with Crippen molar-refractivity contribution < 1.29 is 8.42 Å². The van der Waals surface area contributed by atoms with Crippen LogP contribution in [0.25, 0.3) is 0 Å². The van der Waals surface area contributed by atoms with Crippen LogP contribution in [0.2, 0.25) is 5.02 Å². The van der Waals surface area contributed by atoms with Gasteiger partial charge in [0.25, 0.3) is 15.2 Å². The molecule has 1 aromatic heterocycles. The van der Waals surface area contributed by atoms with Crippen LogP contribution in [0.4, 0.5) is 5.69 Å². The number of H-pyrrole nitrogens is 1. The van der Waals surface area contributed by atoms with Gasteiger partial charge in [-0.05, 0) is 12.1 Å². The number of benzene rings is 1. The fraction of sp³-hybridized carbons (Fsp3) is 0. The minimum absolute atomic E-state index is 0.257. The molecule has 1 heterocycles. The highest BCUT2D eigenvalue weighted by molar-refractivity contribution is 7.92. The summed E-state index contributed by atoms with van der Waals surface area (Å²) in [6.45, 7) is 0. The Labute approximate surface area is 96.7 Å². The molecule has 16 heavy (non-hydrogen) atoms. The maximum absolute atomic E-state index is 11.7. The Balaban J connectivity index is 2.33. The average molecular weight is 259 g/mol. The second-order valence-corrected chi connectivity index (χ2v) is 4.88. The zero-order valence-corrected chi connectivity index (χ0v) is 9.46. The lowest BCUT2D eigenvalue weighted by atomic mass is 10.3. The first-order valence-corrected chi connectivity index (χ1v) is 6.08. The molecule has 0 spiro atoms. The van der Waals surface area contributed by atoms with E-state index in [-0.39, 0.29) is 5.16 Å². The summed E-state index contributed by atoms with van der Waals surface area (Å²) in [7, 11) is -3.76. The smallest absolute Gasteiger partial charge is 0.276 e. The van der Waals surface area contributed by atoms with Crippen molar-refractivity contribution in [2.75, 3.05) is 4.72 Å². The molecule has 8 heteroatoms. The Morgan fingerprint density at radius 1 is 1.31 bits per heavy atom. The lowest BCUT2D eigenvalue weighted by Gasteiger charge is -2.06. The minimum Gasteiger partial charge on any atom is -0.276 e. The zero-order chi connectivity index (χ0) is 11.6. The predicted molar refractivity (Wildman–Crippen MR) is 58.6 cm³/mol. The van der Waals surface area contributed by atoms with Gasteiger partial charge in [-0.2, -0.15) is 13.5 Å². The summed E-state index contributed by atoms with van der Waals surface area (Å²) in [5, 5.41) is 5.78. The van der Waals surface area contributed by atoms with E-state index in [1.807, 2.05) is 0 Å². The topological polar surface area (TPSA) is 87.7 Å². The third kappa shape index (κ3) is 2.15. The van der Waals surface area contributed by atoms with Crippen LogP contribution in [0.15, 0.2) is 35.7 Å². The second-order valence-electron chi connectivity index (χ2n) is 2.88. The molecule has 0 fully saturated rings. The molecule has 0 aliphatic carbocycles. The molecule has 0 aliphatic rings. The van der Waals surface area contributed by atoms with Crippen molar-refractivity contribution in [3.8, 4) is 0 Å². The number of hydrogen-bond donors (Lipinski definition) is 2. The predicted octanol–water partition coefficient (Wildman–Crippen LogP) is 1.26. The number of halogens is 1. The molecule has 0 aliphatic heterocycles. The van der Waals surface area contributed by atoms with Crippen LogP contribution >= 0.6 is 11.6 Å². The summed E-state index contributed by atoms with van der Waals surface area (Å²) in [5.74, 6) is 0. The number of nitrogens with zero attached hydrogens (tertiary/aromatic N) is 2. The molecule has 84 valence electrons. The molecule has 0 bridgehead atoms. The van der Waals surface area contributed by atoms with E-state index in [2.05, 4.69) is 19.9 Å². The van der Waals surface area contributed by atoms with E-state index < -0.39 is 10.0 Å². The summed E-state index contributed by atoms with van der Waals surface area (Å²) < 4.78 is 25.7. The molecule has 0 saturated carbocycles. The van der Waals surface area contributed by atoms with Gasteiger partial charge < -0.3 is 0 Å². The summed E-state index contributed by atoms with van der Waals surface area (Å²) in [5.41, 5.74) is 0.292. The van der Waals surface area contributed by atoms with E-state index in [1.165, 1.54) is 0 Å². The van der Waals surface area contributed by atoms with Crippen molar-refractivity contribution in [1.29, 1.82) is 0 Å². The number of aromatic nitrogens is 3. The lowest BCUT2D eigenvalue weighted by molar-refractivity contribution is 0.593. The first-order valence-electron chi connectivity index (χ1n) is 4.22. The quantitative estimate of drug-likeness (QED) is 0.868. The molecule has 0 unspecified atom stereocenters. The Morgan fingerprint density at radius 2 is 2.06 bits per heavy atom. The molecule has 0 radical (unpaired) electrons. The van der Waals surface area contributed by atoms with Crippen LogP contribution in [-0.2, 0) is 10.0 Å². The van der Waals surface area contributed by atoms with Gasteiger partial charge in [-0.15, -0.1) is 0 Å². The van der Waals surface area contributed by atoms with Crippen molar-refractivity contribution in [2.45, 2.75) is 5.16 Å². The molecule has 6 nitrogen and oxygen atoms in total. The van der Waals surface area contributed by atoms with Gasteiger partial charge in [0.05, 0.1) is 10.7 Å². The maximum atomic E-state index is 11.7. The fourth-order valence-corrected chi connectivity index (χ4v) is 2.22. The SMILES string of the molecule is O=S(=O)(Nc1ccccc1Cl)c1ncn[nH]1. The minimum atomic E-state index is -3.76. The summed E-state index contributed by atoms with van der Waals surface area (Å²) >= 11 is 5.82. The van der Waals surface area contributed by atoms with E-state index >= 15 is 0 Å². The van der Waals surface area contributed by atoms with Gasteiger partial charge in [0, 0.05) is 0 Å². The van der Waals surface area contributed by atoms with Crippen LogP contribution in [0.3, 0.4) is 0 Å². The van der Waals surface area contributed by atoms with Gasteiger partial charge in [0.1, 0.15) is 6.33 Å². The Morgan fingerprint density at radius 3 is 2.69 bits per heavy atom. The number of nitrogens with one attached hydrogen (secondary N) is 2. The van der Waals surface area contributed by atoms with E-state index in [0.717, 1.165) is 6.33 Å². The van der Waals surface area contributed by atoms with Crippen molar-refractivity contribution in [1.82, 2.24) is 15.2 Å². The molecule has 0 atom stereocenters. The first kappa shape index (κ1) is 10.9. The van der Waals surface area contributed by atoms with Gasteiger partial charge in [-0.25, -0.2) is 10.1 Å². The van der Waals surface area contributed by atoms with Crippen LogP contribution in [0, 0.1) is 0 Å². The molecular formula is C8H7ClN4O2S. The van der Waals surface area contributed by atoms with Gasteiger partial charge in [0.15, 0.2) is 0 Å². The lowest BCUT2D eigenvalue weighted by Crippen LogP contribution is -2.14. The van der Waals surface area contributed by atoms with Crippen molar-refractivity contribution in [3.05, 3.63) is 35.6 Å². The maximum Gasteiger partial charge on any atom is 0.297 e. The Kier molecular flexibility index (Phi) is 2.80. The Bertz CT molecular complexity index is 582. The van der Waals surface area contributed by atoms with Crippen LogP contribution in [0.1, 0.15) is 0 Å². The number of para-hydroxylation sites is 1. The molecule has 0 amide bonds. The summed E-state index contributed by atoms with van der Waals surface area (Å²) in [6.07, 6.45) is 1.11. The highest BCUT2D eigenvalue weighted by Gasteiger charge is 2.18. The molecule has 0 saturated heterocycles. The van der Waals surface area contributed by atoms with Crippen LogP contribution < -0.4 is 4.72 Å². The average Bonchev–Trinajstić information content (AvgIpc) is 2.75. The highest BCUT2D eigenvalue weighted by Crippen LogP contribution is 2.22. The van der Waals surface area contributed by atoms with E-state index in [4.69, 9.17) is 11.6 Å². The third-order valence-electron chi connectivity index (χ3n) is 1.77. The van der Waals surface area contributed by atoms with Crippen LogP contribution in [-0.4, -0.2) is 23.6 Å². The molecule has 1 aromatic carbocycles. The number of aromatic amines is 1. The summed E-state index contributed by atoms with van der Waals surface area (Å²) in [4.78, 5) is 3.55. The van der Waals surface area contributed by atoms with E-state index in [9.17, 15) is 8.42 Å². The normalized spacial score (nSPS) is 11.3. The number of hydrogen-bond acceptors (Lipinski definition) is 4. The molecule has 2 N–H and O–H groups in total. The molecule has 2 rings (SSSR count). The summed E-state index contributed by atoms with van der Waals surface area (Å²) in [6, 6.07) is 6.51. The second kappa shape index (κ2) is 4.11. The first-order chi connectivity index (χ1) is 7.59. The number of rotatable bonds is 3. The van der Waals surface area contributed by atoms with Gasteiger partial charge >= 0.3 is 0 Å². The highest BCUT2D eigenvalue weighted by atomic mass is 35.5. The van der Waals surface area contributed by atoms with E-state index in [1.54, 1.807) is 24.3 Å². The van der Waals surface area contributed by atoms with Gasteiger partial charge in [0.2, 0.25) is 0 Å². The number of sulfonamides is 1. The van der Waals surface area contributed by atoms with Crippen molar-refractivity contribution in [2.24, 2.45) is 0 Å². The van der Waals surface area contributed by atoms with Crippen molar-refractivity contribution >= 4 is 27.3 Å². The van der Waals surface area contributed by atoms with Crippen molar-refractivity contribution in [3.63, 3.8) is 0 Å². The van der Waals surface area contributed by atoms with Crippen LogP contribution in [0.5, 0.6) is 0 Å². The Hall–Kier alpha value is -1.60. The zero-order valence-electron chi connectivity index (χ0n) is 7.88. The number of anilines is 1. The monoisotopic (exact) mass is 258 g/mol. The third-order valence-corrected chi connectivity index (χ3v) is 3.29.